The van der Waals surface area contributed by atoms with Crippen LogP contribution in [0.1, 0.15) is 136 Å². The second-order valence-corrected chi connectivity index (χ2v) is 11.9. The molecule has 10 nitrogen and oxygen atoms in total. The van der Waals surface area contributed by atoms with E-state index >= 15 is 0 Å². The van der Waals surface area contributed by atoms with Crippen LogP contribution in [0.3, 0.4) is 0 Å². The van der Waals surface area contributed by atoms with Crippen molar-refractivity contribution < 1.29 is 47.8 Å². The van der Waals surface area contributed by atoms with Gasteiger partial charge in [0, 0.05) is 12.8 Å². The van der Waals surface area contributed by atoms with Gasteiger partial charge in [0.15, 0.2) is 6.10 Å². The maximum absolute atomic E-state index is 12.3. The van der Waals surface area contributed by atoms with Gasteiger partial charge in [0.2, 0.25) is 0 Å². The maximum atomic E-state index is 12.3. The molecule has 0 fully saturated rings. The average Bonchev–Trinajstić information content (AvgIpc) is 2.93. The lowest BCUT2D eigenvalue weighted by molar-refractivity contribution is -0.161. The SMILES string of the molecule is CCCCCCCCCCCCCCCCCCC(=O)OC(COC(=O)CCC)COP(=O)(O)OCC(O)CO. The Labute approximate surface area is 242 Å². The Morgan fingerprint density at radius 2 is 1.12 bits per heavy atom. The van der Waals surface area contributed by atoms with E-state index in [0.29, 0.717) is 12.8 Å². The van der Waals surface area contributed by atoms with E-state index in [1.807, 2.05) is 6.92 Å². The number of rotatable bonds is 29. The number of phosphoric acid groups is 1. The molecule has 0 aromatic carbocycles. The lowest BCUT2D eigenvalue weighted by Crippen LogP contribution is -2.29. The van der Waals surface area contributed by atoms with Gasteiger partial charge in [-0.05, 0) is 12.8 Å². The molecule has 11 heteroatoms. The number of ether oxygens (including phenoxy) is 2. The van der Waals surface area contributed by atoms with Gasteiger partial charge in [-0.2, -0.15) is 0 Å². The molecule has 0 heterocycles. The summed E-state index contributed by atoms with van der Waals surface area (Å²) in [6.45, 7) is 1.96. The molecule has 0 aromatic heterocycles. The van der Waals surface area contributed by atoms with Crippen LogP contribution in [0.5, 0.6) is 0 Å². The first-order valence-corrected chi connectivity index (χ1v) is 17.0. The number of esters is 2. The molecule has 3 unspecified atom stereocenters. The van der Waals surface area contributed by atoms with E-state index < -0.39 is 51.8 Å². The van der Waals surface area contributed by atoms with Crippen molar-refractivity contribution in [1.82, 2.24) is 0 Å². The summed E-state index contributed by atoms with van der Waals surface area (Å²) in [4.78, 5) is 33.7. The van der Waals surface area contributed by atoms with E-state index in [9.17, 15) is 24.2 Å². The fraction of sp³-hybridized carbons (Fsp3) is 0.931. The normalized spacial score (nSPS) is 14.4. The third kappa shape index (κ3) is 25.9. The summed E-state index contributed by atoms with van der Waals surface area (Å²) >= 11 is 0. The maximum Gasteiger partial charge on any atom is 0.472 e. The number of unbranched alkanes of at least 4 members (excludes halogenated alkanes) is 15. The molecule has 0 saturated heterocycles. The molecule has 0 radical (unpaired) electrons. The molecule has 0 aliphatic heterocycles. The number of aliphatic hydroxyl groups is 2. The van der Waals surface area contributed by atoms with Crippen LogP contribution in [0.25, 0.3) is 0 Å². The zero-order valence-corrected chi connectivity index (χ0v) is 26.0. The monoisotopic (exact) mass is 596 g/mol. The van der Waals surface area contributed by atoms with Crippen LogP contribution in [-0.2, 0) is 32.7 Å². The highest BCUT2D eigenvalue weighted by atomic mass is 31.2. The summed E-state index contributed by atoms with van der Waals surface area (Å²) in [5.41, 5.74) is 0. The predicted octanol–water partition coefficient (Wildman–Crippen LogP) is 6.38. The van der Waals surface area contributed by atoms with Crippen molar-refractivity contribution in [2.45, 2.75) is 148 Å². The smallest absolute Gasteiger partial charge is 0.462 e. The standard InChI is InChI=1S/C29H57O10P/c1-3-5-6-7-8-9-10-11-12-13-14-15-16-17-18-19-21-29(33)39-27(24-36-28(32)20-4-2)25-38-40(34,35)37-23-26(31)22-30/h26-27,30-31H,3-25H2,1-2H3,(H,34,35). The Bertz CT molecular complexity index is 661. The molecule has 0 rings (SSSR count). The number of aliphatic hydroxyl groups excluding tert-OH is 2. The number of hydrogen-bond acceptors (Lipinski definition) is 9. The molecule has 40 heavy (non-hydrogen) atoms. The van der Waals surface area contributed by atoms with E-state index in [1.54, 1.807) is 0 Å². The Balaban J connectivity index is 4.06. The Morgan fingerprint density at radius 3 is 1.60 bits per heavy atom. The van der Waals surface area contributed by atoms with Gasteiger partial charge in [0.05, 0.1) is 19.8 Å². The number of phosphoric ester groups is 1. The largest absolute Gasteiger partial charge is 0.472 e. The van der Waals surface area contributed by atoms with Crippen LogP contribution >= 0.6 is 7.82 Å². The quantitative estimate of drug-likeness (QED) is 0.0504. The summed E-state index contributed by atoms with van der Waals surface area (Å²) in [5, 5.41) is 18.0. The highest BCUT2D eigenvalue weighted by molar-refractivity contribution is 7.47. The lowest BCUT2D eigenvalue weighted by atomic mass is 10.0. The van der Waals surface area contributed by atoms with Gasteiger partial charge in [-0.3, -0.25) is 18.6 Å². The predicted molar refractivity (Wildman–Crippen MR) is 155 cm³/mol. The van der Waals surface area contributed by atoms with Crippen molar-refractivity contribution in [1.29, 1.82) is 0 Å². The zero-order valence-electron chi connectivity index (χ0n) is 25.1. The summed E-state index contributed by atoms with van der Waals surface area (Å²) in [6, 6.07) is 0. The number of hydrogen-bond donors (Lipinski definition) is 3. The molecule has 238 valence electrons. The molecule has 3 atom stereocenters. The fourth-order valence-electron chi connectivity index (χ4n) is 4.09. The molecular formula is C29H57O10P. The molecule has 0 aliphatic rings. The van der Waals surface area contributed by atoms with Crippen LogP contribution in [0.4, 0.5) is 0 Å². The average molecular weight is 597 g/mol. The van der Waals surface area contributed by atoms with Gasteiger partial charge in [0.25, 0.3) is 0 Å². The Morgan fingerprint density at radius 1 is 0.650 bits per heavy atom. The lowest BCUT2D eigenvalue weighted by Gasteiger charge is -2.20. The van der Waals surface area contributed by atoms with Gasteiger partial charge in [0.1, 0.15) is 12.7 Å². The summed E-state index contributed by atoms with van der Waals surface area (Å²) in [6.07, 6.45) is 18.3. The Kier molecular flexibility index (Phi) is 26.2. The fourth-order valence-corrected chi connectivity index (χ4v) is 4.88. The summed E-state index contributed by atoms with van der Waals surface area (Å²) in [5.74, 6) is -0.981. The minimum Gasteiger partial charge on any atom is -0.462 e. The van der Waals surface area contributed by atoms with Gasteiger partial charge in [-0.25, -0.2) is 4.57 Å². The van der Waals surface area contributed by atoms with Crippen molar-refractivity contribution in [3.8, 4) is 0 Å². The highest BCUT2D eigenvalue weighted by Crippen LogP contribution is 2.43. The molecule has 3 N–H and O–H groups in total. The highest BCUT2D eigenvalue weighted by Gasteiger charge is 2.27. The first kappa shape index (κ1) is 39.0. The summed E-state index contributed by atoms with van der Waals surface area (Å²) in [7, 11) is -4.57. The second kappa shape index (κ2) is 26.8. The van der Waals surface area contributed by atoms with Crippen molar-refractivity contribution in [2.24, 2.45) is 0 Å². The van der Waals surface area contributed by atoms with Gasteiger partial charge in [-0.1, -0.05) is 110 Å². The van der Waals surface area contributed by atoms with Gasteiger partial charge >= 0.3 is 19.8 Å². The second-order valence-electron chi connectivity index (χ2n) is 10.5. The molecule has 0 aromatic rings. The van der Waals surface area contributed by atoms with Crippen LogP contribution in [0.2, 0.25) is 0 Å². The number of carbonyl (C=O) groups is 2. The van der Waals surface area contributed by atoms with Gasteiger partial charge < -0.3 is 24.6 Å². The first-order chi connectivity index (χ1) is 19.2. The van der Waals surface area contributed by atoms with E-state index in [4.69, 9.17) is 19.1 Å². The van der Waals surface area contributed by atoms with Crippen LogP contribution in [0.15, 0.2) is 0 Å². The topological polar surface area (TPSA) is 149 Å². The van der Waals surface area contributed by atoms with Gasteiger partial charge in [-0.15, -0.1) is 0 Å². The van der Waals surface area contributed by atoms with E-state index in [-0.39, 0.29) is 19.4 Å². The molecule has 0 spiro atoms. The minimum absolute atomic E-state index is 0.188. The van der Waals surface area contributed by atoms with Crippen molar-refractivity contribution in [3.05, 3.63) is 0 Å². The van der Waals surface area contributed by atoms with E-state index in [2.05, 4.69) is 11.4 Å². The third-order valence-electron chi connectivity index (χ3n) is 6.48. The van der Waals surface area contributed by atoms with Crippen molar-refractivity contribution in [3.63, 3.8) is 0 Å². The minimum atomic E-state index is -4.57. The molecule has 0 saturated carbocycles. The van der Waals surface area contributed by atoms with E-state index in [0.717, 1.165) is 19.3 Å². The Hall–Kier alpha value is -1.03. The van der Waals surface area contributed by atoms with Crippen molar-refractivity contribution in [2.75, 3.05) is 26.4 Å². The van der Waals surface area contributed by atoms with Crippen LogP contribution < -0.4 is 0 Å². The summed E-state index contributed by atoms with van der Waals surface area (Å²) < 4.78 is 31.8. The molecule has 0 aliphatic carbocycles. The molecule has 0 amide bonds. The van der Waals surface area contributed by atoms with Crippen LogP contribution in [0, 0.1) is 0 Å². The van der Waals surface area contributed by atoms with Crippen molar-refractivity contribution >= 4 is 19.8 Å². The first-order valence-electron chi connectivity index (χ1n) is 15.5. The van der Waals surface area contributed by atoms with Crippen LogP contribution in [-0.4, -0.2) is 65.7 Å². The molecular weight excluding hydrogens is 539 g/mol. The number of carbonyl (C=O) groups excluding carboxylic acids is 2. The van der Waals surface area contributed by atoms with E-state index in [1.165, 1.54) is 77.0 Å². The zero-order chi connectivity index (χ0) is 29.9. The third-order valence-corrected chi connectivity index (χ3v) is 7.43. The molecule has 0 bridgehead atoms.